The van der Waals surface area contributed by atoms with Gasteiger partial charge < -0.3 is 9.13 Å². The van der Waals surface area contributed by atoms with Crippen molar-refractivity contribution >= 4 is 87.0 Å². The number of nitrogens with zero attached hydrogens (tertiary/aromatic N) is 9. The molecule has 24 aromatic rings. The number of hydrogen-bond acceptors (Lipinski definition) is 7. The number of hydrogen-bond donors (Lipinski definition) is 0. The van der Waals surface area contributed by atoms with Crippen LogP contribution in [-0.2, 0) is 0 Å². The molecule has 0 bridgehead atoms. The molecule has 0 aliphatic rings. The lowest BCUT2D eigenvalue weighted by Gasteiger charge is -2.13. The second-order valence-electron chi connectivity index (χ2n) is 31.9. The number of aromatic nitrogens is 9. The first kappa shape index (κ1) is 74.1. The van der Waals surface area contributed by atoms with Crippen molar-refractivity contribution in [3.05, 3.63) is 455 Å². The number of para-hydroxylation sites is 4. The molecule has 0 spiro atoms. The molecule has 0 fully saturated rings. The highest BCUT2D eigenvalue weighted by Gasteiger charge is 2.25. The van der Waals surface area contributed by atoms with Crippen molar-refractivity contribution in [3.8, 4) is 146 Å². The van der Waals surface area contributed by atoms with Crippen molar-refractivity contribution in [1.82, 2.24) is 44.0 Å². The van der Waals surface area contributed by atoms with E-state index in [-0.39, 0.29) is 0 Å². The first-order valence-corrected chi connectivity index (χ1v) is 42.6. The van der Waals surface area contributed by atoms with Crippen molar-refractivity contribution in [1.29, 1.82) is 0 Å². The Kier molecular flexibility index (Phi) is 18.7. The smallest absolute Gasteiger partial charge is 0.164 e. The zero-order chi connectivity index (χ0) is 83.4. The minimum absolute atomic E-state index is 0.602. The van der Waals surface area contributed by atoms with Crippen LogP contribution in [0.4, 0.5) is 0 Å². The molecule has 18 aromatic carbocycles. The number of pyridine rings is 2. The molecule has 9 nitrogen and oxygen atoms in total. The lowest BCUT2D eigenvalue weighted by Crippen LogP contribution is -2.00. The molecule has 0 saturated carbocycles. The topological polar surface area (TPSA) is 100 Å². The van der Waals surface area contributed by atoms with E-state index >= 15 is 0 Å². The average molecular weight is 1610 g/mol. The molecule has 0 atom stereocenters. The fourth-order valence-electron chi connectivity index (χ4n) is 18.0. The minimum Gasteiger partial charge on any atom is -0.308 e. The van der Waals surface area contributed by atoms with Crippen molar-refractivity contribution in [3.63, 3.8) is 0 Å². The predicted molar refractivity (Wildman–Crippen MR) is 521 cm³/mol. The Morgan fingerprint density at radius 1 is 0.159 bits per heavy atom. The van der Waals surface area contributed by atoms with Crippen LogP contribution in [0.15, 0.2) is 455 Å². The number of benzene rings is 18. The van der Waals surface area contributed by atoms with E-state index in [0.29, 0.717) is 23.3 Å². The van der Waals surface area contributed by atoms with Gasteiger partial charge in [0.2, 0.25) is 0 Å². The van der Waals surface area contributed by atoms with E-state index in [1.165, 1.54) is 32.7 Å². The Morgan fingerprint density at radius 3 is 0.754 bits per heavy atom. The fourth-order valence-corrected chi connectivity index (χ4v) is 18.0. The van der Waals surface area contributed by atoms with Crippen LogP contribution < -0.4 is 0 Å². The summed E-state index contributed by atoms with van der Waals surface area (Å²) in [6.45, 7) is 0. The zero-order valence-electron chi connectivity index (χ0n) is 68.3. The summed E-state index contributed by atoms with van der Waals surface area (Å²) in [6.07, 6.45) is 0. The first-order chi connectivity index (χ1) is 62.4. The third kappa shape index (κ3) is 13.8. The van der Waals surface area contributed by atoms with Crippen molar-refractivity contribution in [2.75, 3.05) is 0 Å². The molecule has 6 heterocycles. The van der Waals surface area contributed by atoms with Gasteiger partial charge >= 0.3 is 0 Å². The summed E-state index contributed by atoms with van der Waals surface area (Å²) in [7, 11) is 0. The molecule has 0 unspecified atom stereocenters. The van der Waals surface area contributed by atoms with E-state index in [1.807, 2.05) is 24.3 Å². The van der Waals surface area contributed by atoms with Crippen LogP contribution in [-0.4, -0.2) is 44.0 Å². The maximum absolute atomic E-state index is 5.40. The highest BCUT2D eigenvalue weighted by Crippen LogP contribution is 2.46. The monoisotopic (exact) mass is 1610 g/mol. The van der Waals surface area contributed by atoms with Gasteiger partial charge in [-0.05, 0) is 121 Å². The molecule has 6 aromatic heterocycles. The maximum atomic E-state index is 5.40. The predicted octanol–water partition coefficient (Wildman–Crippen LogP) is 29.9. The Balaban J connectivity index is 0.000000145. The van der Waals surface area contributed by atoms with Crippen molar-refractivity contribution in [2.24, 2.45) is 0 Å². The van der Waals surface area contributed by atoms with Crippen LogP contribution in [0.25, 0.3) is 233 Å². The van der Waals surface area contributed by atoms with E-state index < -0.39 is 0 Å². The lowest BCUT2D eigenvalue weighted by molar-refractivity contribution is 1.07. The van der Waals surface area contributed by atoms with E-state index in [2.05, 4.69) is 440 Å². The summed E-state index contributed by atoms with van der Waals surface area (Å²) in [5, 5.41) is 11.6. The highest BCUT2D eigenvalue weighted by atomic mass is 15.0. The molecule has 0 aliphatic carbocycles. The highest BCUT2D eigenvalue weighted by molar-refractivity contribution is 6.24. The lowest BCUT2D eigenvalue weighted by atomic mass is 10.00. The zero-order valence-corrected chi connectivity index (χ0v) is 68.3. The van der Waals surface area contributed by atoms with Gasteiger partial charge in [-0.2, -0.15) is 0 Å². The summed E-state index contributed by atoms with van der Waals surface area (Å²) in [4.78, 5) is 36.6. The van der Waals surface area contributed by atoms with Gasteiger partial charge in [-0.25, -0.2) is 34.9 Å². The van der Waals surface area contributed by atoms with Crippen LogP contribution in [0, 0.1) is 0 Å². The normalized spacial score (nSPS) is 11.5. The third-order valence-electron chi connectivity index (χ3n) is 24.3. The largest absolute Gasteiger partial charge is 0.308 e. The molecular formula is C117H75N9. The van der Waals surface area contributed by atoms with Crippen molar-refractivity contribution < 1.29 is 0 Å². The first-order valence-electron chi connectivity index (χ1n) is 42.6. The van der Waals surface area contributed by atoms with Crippen LogP contribution in [0.5, 0.6) is 0 Å². The molecule has 0 aliphatic heterocycles. The third-order valence-corrected chi connectivity index (χ3v) is 24.3. The number of rotatable bonds is 14. The van der Waals surface area contributed by atoms with Gasteiger partial charge in [0.25, 0.3) is 0 Å². The summed E-state index contributed by atoms with van der Waals surface area (Å²) in [5.41, 5.74) is 29.4. The summed E-state index contributed by atoms with van der Waals surface area (Å²) >= 11 is 0. The molecule has 0 saturated heterocycles. The Morgan fingerprint density at radius 2 is 0.413 bits per heavy atom. The molecule has 0 N–H and O–H groups in total. The Labute approximate surface area is 727 Å². The molecular weight excluding hydrogens is 1530 g/mol. The van der Waals surface area contributed by atoms with Gasteiger partial charge in [0.05, 0.1) is 55.9 Å². The Hall–Kier alpha value is -17.0. The molecule has 588 valence electrons. The van der Waals surface area contributed by atoms with Crippen molar-refractivity contribution in [2.45, 2.75) is 0 Å². The fraction of sp³-hybridized carbons (Fsp3) is 0. The maximum Gasteiger partial charge on any atom is 0.164 e. The van der Waals surface area contributed by atoms with E-state index in [4.69, 9.17) is 34.9 Å². The van der Waals surface area contributed by atoms with E-state index in [9.17, 15) is 0 Å². The Bertz CT molecular complexity index is 7550. The van der Waals surface area contributed by atoms with Gasteiger partial charge in [0.15, 0.2) is 23.3 Å². The van der Waals surface area contributed by atoms with Gasteiger partial charge in [0, 0.05) is 88.2 Å². The SMILES string of the molecule is c1ccc(-c2ccc(-c3cc(-c4ccc(-c5ccccc5)cc4)nc(-c4ccc(-c5nc6ccccc6c6c5c5ccccc5n6-c5ccc6ccccc6c5)cc4)n3)cc2)cc1.c1ccc(-c2ccc(-c3nc(-c4ccc(-c5ccccc5)cc4)nc(-c4ccc(-c5nc6ccccc6c6c5c5ccccc5n6-c5ccc6ccccc6c5)cc4)n3)cc2)cc1. The second-order valence-corrected chi connectivity index (χ2v) is 31.9. The van der Waals surface area contributed by atoms with Gasteiger partial charge in [-0.3, -0.25) is 0 Å². The second kappa shape index (κ2) is 31.9. The van der Waals surface area contributed by atoms with Crippen LogP contribution in [0.2, 0.25) is 0 Å². The van der Waals surface area contributed by atoms with Crippen LogP contribution in [0.3, 0.4) is 0 Å². The minimum atomic E-state index is 0.602. The molecule has 24 rings (SSSR count). The quantitative estimate of drug-likeness (QED) is 0.107. The molecule has 0 radical (unpaired) electrons. The standard InChI is InChI=1S/C59H38N4.C58H37N5/c1-3-13-39(14-4-1)42-23-27-44(28-24-42)53-38-54(45-29-25-43(26-30-45)40-15-5-2-6-16-40)62-59(61-53)47-33-31-46(32-34-47)57-56-51-20-10-12-22-55(51)63(58(56)50-19-9-11-21-52(50)60-57)49-36-35-41-17-7-8-18-48(41)37-49;1-3-13-38(14-4-1)41-23-29-44(30-24-41)56-60-57(45-31-25-42(26-32-45)39-15-5-2-6-16-39)62-58(61-56)46-33-27-43(28-34-46)54-53-50-20-10-12-22-52(50)63(55(53)49-19-9-11-21-51(49)59-54)48-36-35-40-17-7-8-18-47(40)37-48/h1-38H;1-37H. The van der Waals surface area contributed by atoms with E-state index in [0.717, 1.165) is 177 Å². The molecule has 9 heteroatoms. The van der Waals surface area contributed by atoms with Gasteiger partial charge in [-0.1, -0.05) is 400 Å². The molecule has 126 heavy (non-hydrogen) atoms. The molecule has 0 amide bonds. The van der Waals surface area contributed by atoms with Gasteiger partial charge in [-0.15, -0.1) is 0 Å². The van der Waals surface area contributed by atoms with Gasteiger partial charge in [0.1, 0.15) is 0 Å². The van der Waals surface area contributed by atoms with E-state index in [1.54, 1.807) is 0 Å². The number of fused-ring (bicyclic) bond motifs is 12. The summed E-state index contributed by atoms with van der Waals surface area (Å²) in [5.74, 6) is 2.50. The average Bonchev–Trinajstić information content (AvgIpc) is 1.57. The van der Waals surface area contributed by atoms with Crippen LogP contribution >= 0.6 is 0 Å². The van der Waals surface area contributed by atoms with Crippen LogP contribution in [0.1, 0.15) is 0 Å². The summed E-state index contributed by atoms with van der Waals surface area (Å²) in [6, 6.07) is 160. The summed E-state index contributed by atoms with van der Waals surface area (Å²) < 4.78 is 4.82.